The van der Waals surface area contributed by atoms with E-state index in [1.165, 1.54) is 22.3 Å². The minimum atomic E-state index is -3.76. The third kappa shape index (κ3) is 8.49. The van der Waals surface area contributed by atoms with Gasteiger partial charge in [0.15, 0.2) is 0 Å². The van der Waals surface area contributed by atoms with Gasteiger partial charge in [0, 0.05) is 0 Å². The number of rotatable bonds is 17. The largest absolute Gasteiger partial charge is 0.463 e. The molecule has 0 spiro atoms. The summed E-state index contributed by atoms with van der Waals surface area (Å²) in [6.45, 7) is 10.8. The van der Waals surface area contributed by atoms with Crippen LogP contribution in [0.1, 0.15) is 107 Å². The highest BCUT2D eigenvalue weighted by atomic mass is 31.2. The first-order valence-electron chi connectivity index (χ1n) is 15.2. The zero-order valence-corrected chi connectivity index (χ0v) is 25.8. The Kier molecular flexibility index (Phi) is 12.7. The predicted molar refractivity (Wildman–Crippen MR) is 167 cm³/mol. The van der Waals surface area contributed by atoms with Gasteiger partial charge in [-0.3, -0.25) is 0 Å². The summed E-state index contributed by atoms with van der Waals surface area (Å²) in [7, 11) is -3.76. The zero-order valence-electron chi connectivity index (χ0n) is 24.9. The predicted octanol–water partition coefficient (Wildman–Crippen LogP) is 10.3. The number of unbranched alkanes of at least 4 members (excludes halogenated alkanes) is 4. The van der Waals surface area contributed by atoms with E-state index in [1.54, 1.807) is 0 Å². The SMILES string of the molecule is CCCCc1cccc(OP(=O)(Oc2cccc(CCCC)c2CCCC)c2ccccc2C)c1CCCC. The van der Waals surface area contributed by atoms with Crippen LogP contribution in [0.15, 0.2) is 60.7 Å². The first kappa shape index (κ1) is 31.0. The third-order valence-corrected chi connectivity index (χ3v) is 9.43. The first-order valence-corrected chi connectivity index (χ1v) is 16.8. The molecule has 3 rings (SSSR count). The van der Waals surface area contributed by atoms with Gasteiger partial charge >= 0.3 is 7.60 Å². The second-order valence-electron chi connectivity index (χ2n) is 10.7. The van der Waals surface area contributed by atoms with Crippen molar-refractivity contribution in [2.24, 2.45) is 0 Å². The molecule has 0 aliphatic rings. The highest BCUT2D eigenvalue weighted by Crippen LogP contribution is 2.50. The quantitative estimate of drug-likeness (QED) is 0.157. The molecule has 0 heterocycles. The van der Waals surface area contributed by atoms with Gasteiger partial charge in [-0.1, -0.05) is 95.8 Å². The third-order valence-electron chi connectivity index (χ3n) is 7.47. The van der Waals surface area contributed by atoms with Crippen LogP contribution in [0, 0.1) is 6.92 Å². The maximum Gasteiger partial charge on any atom is 0.463 e. The number of aryl methyl sites for hydroxylation is 3. The van der Waals surface area contributed by atoms with Crippen molar-refractivity contribution in [1.29, 1.82) is 0 Å². The molecule has 0 aliphatic carbocycles. The minimum Gasteiger partial charge on any atom is -0.413 e. The average molecular weight is 549 g/mol. The van der Waals surface area contributed by atoms with E-state index in [9.17, 15) is 0 Å². The summed E-state index contributed by atoms with van der Waals surface area (Å²) in [5.74, 6) is 1.39. The molecule has 3 nitrogen and oxygen atoms in total. The van der Waals surface area contributed by atoms with Crippen LogP contribution >= 0.6 is 7.60 Å². The Morgan fingerprint density at radius 3 is 1.44 bits per heavy atom. The standard InChI is InChI=1S/C35H49O3P/c1-6-10-19-29-21-16-25-33(31(29)23-12-8-3)37-39(36,35-27-15-14-18-28(35)5)38-34-26-17-22-30(20-11-7-2)32(34)24-13-9-4/h14-18,21-22,25-27H,6-13,19-20,23-24H2,1-5H3. The highest BCUT2D eigenvalue weighted by molar-refractivity contribution is 7.63. The van der Waals surface area contributed by atoms with Crippen molar-refractivity contribution in [3.63, 3.8) is 0 Å². The van der Waals surface area contributed by atoms with Gasteiger partial charge in [0.1, 0.15) is 11.5 Å². The van der Waals surface area contributed by atoms with Crippen molar-refractivity contribution < 1.29 is 13.6 Å². The lowest BCUT2D eigenvalue weighted by Gasteiger charge is -2.25. The normalized spacial score (nSPS) is 11.5. The van der Waals surface area contributed by atoms with Gasteiger partial charge in [-0.05, 0) is 104 Å². The molecule has 0 unspecified atom stereocenters. The van der Waals surface area contributed by atoms with Gasteiger partial charge in [-0.2, -0.15) is 0 Å². The van der Waals surface area contributed by atoms with Crippen molar-refractivity contribution in [2.75, 3.05) is 0 Å². The van der Waals surface area contributed by atoms with Crippen LogP contribution in [0.4, 0.5) is 0 Å². The van der Waals surface area contributed by atoms with Gasteiger partial charge in [-0.25, -0.2) is 4.57 Å². The molecule has 39 heavy (non-hydrogen) atoms. The molecule has 3 aromatic carbocycles. The van der Waals surface area contributed by atoms with E-state index < -0.39 is 7.60 Å². The van der Waals surface area contributed by atoms with E-state index in [-0.39, 0.29) is 0 Å². The summed E-state index contributed by atoms with van der Waals surface area (Å²) in [4.78, 5) is 0. The fraction of sp³-hybridized carbons (Fsp3) is 0.486. The number of benzene rings is 3. The van der Waals surface area contributed by atoms with Gasteiger partial charge in [0.25, 0.3) is 0 Å². The number of hydrogen-bond donors (Lipinski definition) is 0. The molecule has 0 radical (unpaired) electrons. The first-order chi connectivity index (χ1) is 19.0. The average Bonchev–Trinajstić information content (AvgIpc) is 2.94. The lowest BCUT2D eigenvalue weighted by Crippen LogP contribution is -2.19. The Morgan fingerprint density at radius 2 is 1.00 bits per heavy atom. The van der Waals surface area contributed by atoms with Crippen molar-refractivity contribution in [3.8, 4) is 11.5 Å². The molecule has 0 N–H and O–H groups in total. The maximum atomic E-state index is 15.0. The summed E-state index contributed by atoms with van der Waals surface area (Å²) in [6.07, 6.45) is 12.7. The van der Waals surface area contributed by atoms with Crippen LogP contribution in [-0.4, -0.2) is 0 Å². The summed E-state index contributed by atoms with van der Waals surface area (Å²) in [6, 6.07) is 20.2. The second-order valence-corrected chi connectivity index (χ2v) is 12.5. The molecule has 0 bridgehead atoms. The molecule has 0 saturated heterocycles. The molecule has 212 valence electrons. The lowest BCUT2D eigenvalue weighted by atomic mass is 9.97. The van der Waals surface area contributed by atoms with E-state index in [0.29, 0.717) is 16.8 Å². The fourth-order valence-corrected chi connectivity index (χ4v) is 6.99. The van der Waals surface area contributed by atoms with Crippen LogP contribution in [0.3, 0.4) is 0 Å². The topological polar surface area (TPSA) is 35.5 Å². The molecule has 0 fully saturated rings. The molecule has 0 aromatic heterocycles. The van der Waals surface area contributed by atoms with Crippen molar-refractivity contribution in [3.05, 3.63) is 88.5 Å². The molecule has 0 saturated carbocycles. The van der Waals surface area contributed by atoms with E-state index in [4.69, 9.17) is 9.05 Å². The Labute approximate surface area is 237 Å². The minimum absolute atomic E-state index is 0.630. The van der Waals surface area contributed by atoms with Crippen molar-refractivity contribution in [2.45, 2.75) is 112 Å². The molecule has 0 aliphatic heterocycles. The van der Waals surface area contributed by atoms with Crippen LogP contribution in [0.25, 0.3) is 0 Å². The molecule has 0 atom stereocenters. The summed E-state index contributed by atoms with van der Waals surface area (Å²) >= 11 is 0. The Bertz CT molecular complexity index is 1150. The Hall–Kier alpha value is -2.51. The maximum absolute atomic E-state index is 15.0. The van der Waals surface area contributed by atoms with E-state index in [2.05, 4.69) is 39.8 Å². The summed E-state index contributed by atoms with van der Waals surface area (Å²) in [5.41, 5.74) is 5.85. The molecule has 0 amide bonds. The highest BCUT2D eigenvalue weighted by Gasteiger charge is 2.35. The van der Waals surface area contributed by atoms with Crippen molar-refractivity contribution >= 4 is 12.9 Å². The Morgan fingerprint density at radius 1 is 0.564 bits per heavy atom. The van der Waals surface area contributed by atoms with Crippen LogP contribution in [-0.2, 0) is 30.2 Å². The van der Waals surface area contributed by atoms with Crippen LogP contribution in [0.5, 0.6) is 11.5 Å². The Balaban J connectivity index is 2.12. The summed E-state index contributed by atoms with van der Waals surface area (Å²) < 4.78 is 28.3. The lowest BCUT2D eigenvalue weighted by molar-refractivity contribution is 0.394. The van der Waals surface area contributed by atoms with Crippen LogP contribution < -0.4 is 14.4 Å². The van der Waals surface area contributed by atoms with E-state index >= 15 is 4.57 Å². The van der Waals surface area contributed by atoms with Gasteiger partial charge < -0.3 is 9.05 Å². The van der Waals surface area contributed by atoms with E-state index in [0.717, 1.165) is 82.6 Å². The molecule has 3 aromatic rings. The van der Waals surface area contributed by atoms with Gasteiger partial charge in [0.2, 0.25) is 0 Å². The summed E-state index contributed by atoms with van der Waals surface area (Å²) in [5, 5.41) is 0.630. The molecular formula is C35H49O3P. The zero-order chi connectivity index (χ0) is 28.1. The second kappa shape index (κ2) is 15.9. The smallest absolute Gasteiger partial charge is 0.413 e. The van der Waals surface area contributed by atoms with Crippen molar-refractivity contribution in [1.82, 2.24) is 0 Å². The monoisotopic (exact) mass is 548 g/mol. The molecule has 4 heteroatoms. The van der Waals surface area contributed by atoms with E-state index in [1.807, 2.05) is 55.5 Å². The van der Waals surface area contributed by atoms with Gasteiger partial charge in [-0.15, -0.1) is 0 Å². The fourth-order valence-electron chi connectivity index (χ4n) is 5.12. The van der Waals surface area contributed by atoms with Crippen LogP contribution in [0.2, 0.25) is 0 Å². The number of hydrogen-bond acceptors (Lipinski definition) is 3. The van der Waals surface area contributed by atoms with Gasteiger partial charge in [0.05, 0.1) is 5.30 Å². The molecular weight excluding hydrogens is 499 g/mol.